The zero-order valence-electron chi connectivity index (χ0n) is 7.97. The Morgan fingerprint density at radius 3 is 2.23 bits per heavy atom. The highest BCUT2D eigenvalue weighted by Gasteiger charge is 2.41. The van der Waals surface area contributed by atoms with E-state index in [4.69, 9.17) is 0 Å². The predicted molar refractivity (Wildman–Crippen MR) is 42.7 cm³/mol. The number of alkyl halides is 2. The molecule has 0 radical (unpaired) electrons. The molecule has 0 fully saturated rings. The molecular formula is C8H14F2O3. The average Bonchev–Trinajstić information content (AvgIpc) is 1.98. The van der Waals surface area contributed by atoms with Gasteiger partial charge in [0.25, 0.3) is 5.92 Å². The first-order valence-corrected chi connectivity index (χ1v) is 4.09. The van der Waals surface area contributed by atoms with E-state index in [1.807, 2.05) is 0 Å². The van der Waals surface area contributed by atoms with Gasteiger partial charge in [-0.15, -0.1) is 0 Å². The number of ether oxygens (including phenoxy) is 2. The molecule has 0 amide bonds. The van der Waals surface area contributed by atoms with Gasteiger partial charge < -0.3 is 9.47 Å². The SMILES string of the molecule is CCOC(=O)C(OCC)C(C)(F)F. The van der Waals surface area contributed by atoms with E-state index in [2.05, 4.69) is 9.47 Å². The van der Waals surface area contributed by atoms with Crippen LogP contribution in [0, 0.1) is 0 Å². The first-order valence-electron chi connectivity index (χ1n) is 4.09. The van der Waals surface area contributed by atoms with E-state index in [-0.39, 0.29) is 13.2 Å². The lowest BCUT2D eigenvalue weighted by Crippen LogP contribution is -2.41. The maximum Gasteiger partial charge on any atom is 0.341 e. The second-order valence-electron chi connectivity index (χ2n) is 2.54. The number of hydrogen-bond donors (Lipinski definition) is 0. The summed E-state index contributed by atoms with van der Waals surface area (Å²) in [4.78, 5) is 11.0. The zero-order chi connectivity index (χ0) is 10.5. The van der Waals surface area contributed by atoms with Crippen molar-refractivity contribution in [1.29, 1.82) is 0 Å². The number of halogens is 2. The molecule has 0 aliphatic carbocycles. The van der Waals surface area contributed by atoms with Crippen LogP contribution < -0.4 is 0 Å². The van der Waals surface area contributed by atoms with Gasteiger partial charge in [0.2, 0.25) is 6.10 Å². The van der Waals surface area contributed by atoms with Crippen molar-refractivity contribution in [2.45, 2.75) is 32.8 Å². The van der Waals surface area contributed by atoms with Gasteiger partial charge in [-0.1, -0.05) is 0 Å². The van der Waals surface area contributed by atoms with E-state index in [9.17, 15) is 13.6 Å². The molecule has 0 N–H and O–H groups in total. The Morgan fingerprint density at radius 1 is 1.38 bits per heavy atom. The Kier molecular flexibility index (Phi) is 4.83. The molecule has 0 saturated heterocycles. The molecule has 0 heterocycles. The Morgan fingerprint density at radius 2 is 1.92 bits per heavy atom. The Balaban J connectivity index is 4.33. The summed E-state index contributed by atoms with van der Waals surface area (Å²) in [7, 11) is 0. The summed E-state index contributed by atoms with van der Waals surface area (Å²) >= 11 is 0. The van der Waals surface area contributed by atoms with Crippen LogP contribution in [0.3, 0.4) is 0 Å². The third-order valence-electron chi connectivity index (χ3n) is 1.29. The fraction of sp³-hybridized carbons (Fsp3) is 0.875. The van der Waals surface area contributed by atoms with Gasteiger partial charge >= 0.3 is 5.97 Å². The van der Waals surface area contributed by atoms with Crippen molar-refractivity contribution in [2.75, 3.05) is 13.2 Å². The molecule has 5 heteroatoms. The molecule has 0 aliphatic heterocycles. The fourth-order valence-electron chi connectivity index (χ4n) is 0.806. The van der Waals surface area contributed by atoms with Crippen LogP contribution in [-0.2, 0) is 14.3 Å². The molecule has 0 spiro atoms. The van der Waals surface area contributed by atoms with Gasteiger partial charge in [-0.05, 0) is 13.8 Å². The first kappa shape index (κ1) is 12.3. The third kappa shape index (κ3) is 4.17. The molecule has 0 rings (SSSR count). The largest absolute Gasteiger partial charge is 0.464 e. The smallest absolute Gasteiger partial charge is 0.341 e. The highest BCUT2D eigenvalue weighted by molar-refractivity contribution is 5.75. The molecule has 0 aromatic carbocycles. The summed E-state index contributed by atoms with van der Waals surface area (Å²) in [5, 5.41) is 0. The summed E-state index contributed by atoms with van der Waals surface area (Å²) in [5.74, 6) is -4.22. The number of carbonyl (C=O) groups excluding carboxylic acids is 1. The van der Waals surface area contributed by atoms with Crippen LogP contribution >= 0.6 is 0 Å². The second kappa shape index (κ2) is 5.11. The molecule has 0 aromatic rings. The van der Waals surface area contributed by atoms with Gasteiger partial charge in [0.15, 0.2) is 0 Å². The second-order valence-corrected chi connectivity index (χ2v) is 2.54. The number of hydrogen-bond acceptors (Lipinski definition) is 3. The summed E-state index contributed by atoms with van der Waals surface area (Å²) in [5.41, 5.74) is 0. The van der Waals surface area contributed by atoms with Crippen LogP contribution in [0.15, 0.2) is 0 Å². The van der Waals surface area contributed by atoms with Crippen LogP contribution in [0.5, 0.6) is 0 Å². The normalized spacial score (nSPS) is 13.9. The van der Waals surface area contributed by atoms with Crippen molar-refractivity contribution >= 4 is 5.97 Å². The van der Waals surface area contributed by atoms with E-state index in [1.54, 1.807) is 6.92 Å². The standard InChI is InChI=1S/C8H14F2O3/c1-4-12-6(8(3,9)10)7(11)13-5-2/h6H,4-5H2,1-3H3. The van der Waals surface area contributed by atoms with Gasteiger partial charge in [-0.25, -0.2) is 13.6 Å². The number of carbonyl (C=O) groups is 1. The van der Waals surface area contributed by atoms with Gasteiger partial charge in [0.05, 0.1) is 6.61 Å². The Bertz CT molecular complexity index is 165. The van der Waals surface area contributed by atoms with Crippen molar-refractivity contribution in [3.05, 3.63) is 0 Å². The van der Waals surface area contributed by atoms with Crippen LogP contribution in [-0.4, -0.2) is 31.2 Å². The molecule has 13 heavy (non-hydrogen) atoms. The quantitative estimate of drug-likeness (QED) is 0.626. The molecule has 1 unspecified atom stereocenters. The Labute approximate surface area is 76.0 Å². The maximum atomic E-state index is 12.7. The number of rotatable bonds is 5. The van der Waals surface area contributed by atoms with E-state index < -0.39 is 18.0 Å². The third-order valence-corrected chi connectivity index (χ3v) is 1.29. The minimum absolute atomic E-state index is 0.0485. The molecule has 0 aromatic heterocycles. The first-order chi connectivity index (χ1) is 5.93. The Hall–Kier alpha value is -0.710. The topological polar surface area (TPSA) is 35.5 Å². The molecular weight excluding hydrogens is 182 g/mol. The van der Waals surface area contributed by atoms with Crippen LogP contribution in [0.2, 0.25) is 0 Å². The minimum Gasteiger partial charge on any atom is -0.464 e. The van der Waals surface area contributed by atoms with Crippen LogP contribution in [0.25, 0.3) is 0 Å². The predicted octanol–water partition coefficient (Wildman–Crippen LogP) is 1.61. The molecule has 0 saturated carbocycles. The van der Waals surface area contributed by atoms with E-state index in [0.717, 1.165) is 0 Å². The van der Waals surface area contributed by atoms with Gasteiger partial charge in [0.1, 0.15) is 0 Å². The van der Waals surface area contributed by atoms with Crippen molar-refractivity contribution in [3.63, 3.8) is 0 Å². The molecule has 3 nitrogen and oxygen atoms in total. The average molecular weight is 196 g/mol. The van der Waals surface area contributed by atoms with E-state index >= 15 is 0 Å². The van der Waals surface area contributed by atoms with Crippen molar-refractivity contribution in [3.8, 4) is 0 Å². The van der Waals surface area contributed by atoms with Gasteiger partial charge in [-0.2, -0.15) is 0 Å². The van der Waals surface area contributed by atoms with Crippen molar-refractivity contribution in [2.24, 2.45) is 0 Å². The van der Waals surface area contributed by atoms with Gasteiger partial charge in [-0.3, -0.25) is 0 Å². The minimum atomic E-state index is -3.21. The lowest BCUT2D eigenvalue weighted by Gasteiger charge is -2.21. The van der Waals surface area contributed by atoms with Crippen LogP contribution in [0.4, 0.5) is 8.78 Å². The maximum absolute atomic E-state index is 12.7. The lowest BCUT2D eigenvalue weighted by atomic mass is 10.2. The van der Waals surface area contributed by atoms with Crippen molar-refractivity contribution in [1.82, 2.24) is 0 Å². The monoisotopic (exact) mass is 196 g/mol. The van der Waals surface area contributed by atoms with E-state index in [1.165, 1.54) is 6.92 Å². The molecule has 0 aliphatic rings. The van der Waals surface area contributed by atoms with Crippen LogP contribution in [0.1, 0.15) is 20.8 Å². The molecule has 0 bridgehead atoms. The summed E-state index contributed by atoms with van der Waals surface area (Å²) < 4.78 is 34.5. The highest BCUT2D eigenvalue weighted by Crippen LogP contribution is 2.21. The highest BCUT2D eigenvalue weighted by atomic mass is 19.3. The van der Waals surface area contributed by atoms with E-state index in [0.29, 0.717) is 6.92 Å². The molecule has 1 atom stereocenters. The summed E-state index contributed by atoms with van der Waals surface area (Å²) in [6, 6.07) is 0. The zero-order valence-corrected chi connectivity index (χ0v) is 7.97. The lowest BCUT2D eigenvalue weighted by molar-refractivity contribution is -0.181. The summed E-state index contributed by atoms with van der Waals surface area (Å²) in [6.07, 6.45) is -1.79. The van der Waals surface area contributed by atoms with Gasteiger partial charge in [0, 0.05) is 13.5 Å². The van der Waals surface area contributed by atoms with Crippen molar-refractivity contribution < 1.29 is 23.0 Å². The summed E-state index contributed by atoms with van der Waals surface area (Å²) in [6.45, 7) is 3.84. The number of esters is 1. The molecule has 78 valence electrons. The fourth-order valence-corrected chi connectivity index (χ4v) is 0.806.